The van der Waals surface area contributed by atoms with E-state index in [1.54, 1.807) is 11.8 Å². The van der Waals surface area contributed by atoms with Crippen LogP contribution < -0.4 is 10.2 Å². The quantitative estimate of drug-likeness (QED) is 0.783. The second kappa shape index (κ2) is 7.75. The van der Waals surface area contributed by atoms with Crippen LogP contribution in [0.3, 0.4) is 0 Å². The molecule has 0 saturated heterocycles. The lowest BCUT2D eigenvalue weighted by Crippen LogP contribution is -2.32. The molecule has 2 N–H and O–H groups in total. The molecule has 1 heterocycles. The van der Waals surface area contributed by atoms with E-state index in [2.05, 4.69) is 10.2 Å². The summed E-state index contributed by atoms with van der Waals surface area (Å²) in [7, 11) is 1.97. The molecule has 0 spiro atoms. The molecule has 0 atom stereocenters. The van der Waals surface area contributed by atoms with E-state index in [1.807, 2.05) is 64.2 Å². The van der Waals surface area contributed by atoms with Gasteiger partial charge in [-0.15, -0.1) is 0 Å². The molecule has 0 aromatic heterocycles. The summed E-state index contributed by atoms with van der Waals surface area (Å²) in [5.41, 5.74) is 3.18. The molecular formula is C21H24N2O4S. The van der Waals surface area contributed by atoms with Crippen LogP contribution in [0.2, 0.25) is 0 Å². The molecule has 3 rings (SSSR count). The van der Waals surface area contributed by atoms with Gasteiger partial charge in [-0.3, -0.25) is 4.79 Å². The molecule has 0 radical (unpaired) electrons. The van der Waals surface area contributed by atoms with Crippen molar-refractivity contribution in [2.45, 2.75) is 49.1 Å². The number of nitrogens with zero attached hydrogens (tertiary/aromatic N) is 1. The van der Waals surface area contributed by atoms with Gasteiger partial charge in [0.15, 0.2) is 0 Å². The first kappa shape index (κ1) is 20.1. The van der Waals surface area contributed by atoms with Gasteiger partial charge in [-0.1, -0.05) is 36.0 Å². The fourth-order valence-electron chi connectivity index (χ4n) is 3.06. The van der Waals surface area contributed by atoms with Crippen molar-refractivity contribution in [3.05, 3.63) is 47.5 Å². The smallest absolute Gasteiger partial charge is 0.407 e. The highest BCUT2D eigenvalue weighted by Crippen LogP contribution is 2.50. The van der Waals surface area contributed by atoms with E-state index in [9.17, 15) is 14.7 Å². The number of carboxylic acid groups (broad SMARTS) is 1. The normalized spacial score (nSPS) is 12.8. The summed E-state index contributed by atoms with van der Waals surface area (Å²) in [4.78, 5) is 27.3. The van der Waals surface area contributed by atoms with Crippen molar-refractivity contribution in [2.75, 3.05) is 11.9 Å². The van der Waals surface area contributed by atoms with Gasteiger partial charge in [0.05, 0.1) is 17.8 Å². The zero-order valence-corrected chi connectivity index (χ0v) is 17.2. The molecule has 1 aliphatic heterocycles. The number of carbonyl (C=O) groups excluding carboxylic acids is 1. The third-order valence-corrected chi connectivity index (χ3v) is 5.59. The number of rotatable bonds is 4. The third kappa shape index (κ3) is 4.42. The molecule has 1 amide bonds. The summed E-state index contributed by atoms with van der Waals surface area (Å²) >= 11 is 1.55. The molecule has 2 aromatic rings. The number of carboxylic acids is 1. The first-order chi connectivity index (χ1) is 13.2. The Labute approximate surface area is 168 Å². The zero-order chi connectivity index (χ0) is 20.5. The van der Waals surface area contributed by atoms with Gasteiger partial charge in [0.2, 0.25) is 0 Å². The predicted octanol–water partition coefficient (Wildman–Crippen LogP) is 4.57. The Morgan fingerprint density at radius 3 is 2.21 bits per heavy atom. The van der Waals surface area contributed by atoms with Crippen LogP contribution in [0.1, 0.15) is 31.9 Å². The number of ether oxygens (including phenoxy) is 1. The largest absolute Gasteiger partial charge is 0.481 e. The number of fused-ring (bicyclic) bond motifs is 2. The molecular weight excluding hydrogens is 376 g/mol. The minimum Gasteiger partial charge on any atom is -0.481 e. The monoisotopic (exact) mass is 400 g/mol. The van der Waals surface area contributed by atoms with Crippen LogP contribution in [-0.2, 0) is 22.5 Å². The number of benzene rings is 2. The average Bonchev–Trinajstić information content (AvgIpc) is 2.59. The van der Waals surface area contributed by atoms with Crippen molar-refractivity contribution in [2.24, 2.45) is 0 Å². The van der Waals surface area contributed by atoms with Crippen molar-refractivity contribution in [3.8, 4) is 0 Å². The standard InChI is InChI=1S/C21H24N2O4S/c1-21(2,3)27-20(26)22-12-14-8-6-10-16-19(14)28-18-13(11-17(24)25)7-5-9-15(18)23(16)4/h5-10H,11-12H2,1-4H3,(H,22,26)(H,24,25). The van der Waals surface area contributed by atoms with E-state index in [0.29, 0.717) is 6.54 Å². The van der Waals surface area contributed by atoms with Crippen LogP contribution in [0.4, 0.5) is 16.2 Å². The highest BCUT2D eigenvalue weighted by atomic mass is 32.2. The van der Waals surface area contributed by atoms with Crippen LogP contribution in [0.15, 0.2) is 46.2 Å². The Balaban J connectivity index is 1.89. The van der Waals surface area contributed by atoms with Gasteiger partial charge in [-0.05, 0) is 44.0 Å². The Hall–Kier alpha value is -2.67. The maximum absolute atomic E-state index is 12.0. The van der Waals surface area contributed by atoms with E-state index in [4.69, 9.17) is 4.74 Å². The predicted molar refractivity (Wildman–Crippen MR) is 109 cm³/mol. The lowest BCUT2D eigenvalue weighted by atomic mass is 10.1. The second-order valence-electron chi connectivity index (χ2n) is 7.62. The first-order valence-corrected chi connectivity index (χ1v) is 9.81. The van der Waals surface area contributed by atoms with Gasteiger partial charge >= 0.3 is 12.1 Å². The lowest BCUT2D eigenvalue weighted by molar-refractivity contribution is -0.136. The van der Waals surface area contributed by atoms with Crippen LogP contribution in [0.5, 0.6) is 0 Å². The first-order valence-electron chi connectivity index (χ1n) is 9.00. The van der Waals surface area contributed by atoms with Gasteiger partial charge in [0.1, 0.15) is 5.60 Å². The van der Waals surface area contributed by atoms with Crippen LogP contribution in [-0.4, -0.2) is 29.8 Å². The van der Waals surface area contributed by atoms with Crippen LogP contribution in [0, 0.1) is 0 Å². The Bertz CT molecular complexity index is 921. The molecule has 0 fully saturated rings. The van der Waals surface area contributed by atoms with E-state index < -0.39 is 17.7 Å². The number of nitrogens with one attached hydrogen (secondary N) is 1. The van der Waals surface area contributed by atoms with E-state index >= 15 is 0 Å². The number of alkyl carbamates (subject to hydrolysis) is 1. The number of hydrogen-bond acceptors (Lipinski definition) is 5. The number of amides is 1. The maximum Gasteiger partial charge on any atom is 0.407 e. The van der Waals surface area contributed by atoms with Crippen LogP contribution in [0.25, 0.3) is 0 Å². The lowest BCUT2D eigenvalue weighted by Gasteiger charge is -2.32. The molecule has 7 heteroatoms. The van der Waals surface area contributed by atoms with E-state index in [-0.39, 0.29) is 6.42 Å². The molecule has 0 aliphatic carbocycles. The molecule has 148 valence electrons. The Morgan fingerprint density at radius 1 is 1.07 bits per heavy atom. The van der Waals surface area contributed by atoms with Crippen molar-refractivity contribution < 1.29 is 19.4 Å². The number of carbonyl (C=O) groups is 2. The minimum absolute atomic E-state index is 0.0301. The highest BCUT2D eigenvalue weighted by molar-refractivity contribution is 7.99. The maximum atomic E-state index is 12.0. The SMILES string of the molecule is CN1c2cccc(CNC(=O)OC(C)(C)C)c2Sc2c(CC(=O)O)cccc21. The average molecular weight is 401 g/mol. The minimum atomic E-state index is -0.859. The topological polar surface area (TPSA) is 78.9 Å². The summed E-state index contributed by atoms with van der Waals surface area (Å²) in [6, 6.07) is 11.7. The number of anilines is 2. The zero-order valence-electron chi connectivity index (χ0n) is 16.4. The fourth-order valence-corrected chi connectivity index (χ4v) is 4.43. The fraction of sp³-hybridized carbons (Fsp3) is 0.333. The van der Waals surface area contributed by atoms with Crippen molar-refractivity contribution in [1.82, 2.24) is 5.32 Å². The van der Waals surface area contributed by atoms with Crippen molar-refractivity contribution in [3.63, 3.8) is 0 Å². The van der Waals surface area contributed by atoms with Crippen molar-refractivity contribution >= 4 is 35.2 Å². The summed E-state index contributed by atoms with van der Waals surface area (Å²) in [6.45, 7) is 5.80. The number of aliphatic carboxylic acids is 1. The van der Waals surface area contributed by atoms with Gasteiger partial charge in [-0.2, -0.15) is 0 Å². The van der Waals surface area contributed by atoms with Gasteiger partial charge in [0, 0.05) is 23.4 Å². The molecule has 1 aliphatic rings. The molecule has 0 saturated carbocycles. The summed E-state index contributed by atoms with van der Waals surface area (Å²) in [5, 5.41) is 12.0. The second-order valence-corrected chi connectivity index (χ2v) is 8.64. The molecule has 0 unspecified atom stereocenters. The van der Waals surface area contributed by atoms with Gasteiger partial charge in [0.25, 0.3) is 0 Å². The summed E-state index contributed by atoms with van der Waals surface area (Å²) in [5.74, 6) is -0.859. The van der Waals surface area contributed by atoms with Crippen LogP contribution >= 0.6 is 11.8 Å². The Morgan fingerprint density at radius 2 is 1.64 bits per heavy atom. The Kier molecular flexibility index (Phi) is 5.56. The molecule has 6 nitrogen and oxygen atoms in total. The summed E-state index contributed by atoms with van der Waals surface area (Å²) in [6.07, 6.45) is -0.497. The number of hydrogen-bond donors (Lipinski definition) is 2. The third-order valence-electron chi connectivity index (χ3n) is 4.24. The summed E-state index contributed by atoms with van der Waals surface area (Å²) < 4.78 is 5.31. The molecule has 28 heavy (non-hydrogen) atoms. The van der Waals surface area contributed by atoms with Gasteiger partial charge in [-0.25, -0.2) is 4.79 Å². The van der Waals surface area contributed by atoms with Gasteiger partial charge < -0.3 is 20.1 Å². The molecule has 2 aromatic carbocycles. The van der Waals surface area contributed by atoms with E-state index in [1.165, 1.54) is 0 Å². The van der Waals surface area contributed by atoms with Crippen molar-refractivity contribution in [1.29, 1.82) is 0 Å². The highest BCUT2D eigenvalue weighted by Gasteiger charge is 2.26. The molecule has 0 bridgehead atoms. The van der Waals surface area contributed by atoms with E-state index in [0.717, 1.165) is 32.3 Å².